The minimum atomic E-state index is -0.698. The number of rotatable bonds is 11. The van der Waals surface area contributed by atoms with Crippen LogP contribution < -0.4 is 20.3 Å². The fraction of sp³-hybridized carbons (Fsp3) is 0.0526. The Morgan fingerprint density at radius 2 is 1.53 bits per heavy atom. The van der Waals surface area contributed by atoms with E-state index < -0.39 is 22.0 Å². The van der Waals surface area contributed by atoms with Crippen LogP contribution in [0.25, 0.3) is 6.08 Å². The third-order valence-electron chi connectivity index (χ3n) is 7.56. The zero-order valence-electron chi connectivity index (χ0n) is 26.5. The lowest BCUT2D eigenvalue weighted by Gasteiger charge is -2.16. The zero-order valence-corrected chi connectivity index (χ0v) is 28.1. The quantitative estimate of drug-likeness (QED) is 0.0607. The molecule has 1 heterocycles. The summed E-state index contributed by atoms with van der Waals surface area (Å²) in [6.45, 7) is 0. The number of anilines is 2. The number of ether oxygens (including phenoxy) is 1. The monoisotopic (exact) mass is 718 g/mol. The number of non-ortho nitro benzene ring substituents is 1. The van der Waals surface area contributed by atoms with Crippen molar-refractivity contribution in [3.05, 3.63) is 159 Å². The molecule has 1 aliphatic rings. The van der Waals surface area contributed by atoms with Gasteiger partial charge in [0.2, 0.25) is 11.8 Å². The van der Waals surface area contributed by atoms with Gasteiger partial charge in [0.15, 0.2) is 0 Å². The van der Waals surface area contributed by atoms with Crippen LogP contribution in [0.15, 0.2) is 138 Å². The Balaban J connectivity index is 1.14. The number of nitrogens with zero attached hydrogens (tertiary/aromatic N) is 2. The number of halogens is 1. The van der Waals surface area contributed by atoms with Crippen LogP contribution in [0.5, 0.6) is 11.5 Å². The molecule has 11 nitrogen and oxygen atoms in total. The number of hydrogen-bond donors (Lipinski definition) is 2. The molecule has 5 aromatic rings. The van der Waals surface area contributed by atoms with Crippen molar-refractivity contribution in [2.75, 3.05) is 10.2 Å². The van der Waals surface area contributed by atoms with Gasteiger partial charge in [-0.25, -0.2) is 4.90 Å². The SMILES string of the molecule is O=C(Nc1cccc(S[C@@H]2CC(=O)N(c3ccc(Oc4ccc(Cl)cc4)cc3)C2=O)c1)/C(=C/c1ccc([N+](=O)[O-])cc1)NC(=O)c1ccccc1. The summed E-state index contributed by atoms with van der Waals surface area (Å²) in [5, 5.41) is 16.4. The zero-order chi connectivity index (χ0) is 35.9. The Hall–Kier alpha value is -6.24. The van der Waals surface area contributed by atoms with Gasteiger partial charge in [0, 0.05) is 39.7 Å². The van der Waals surface area contributed by atoms with Gasteiger partial charge in [-0.2, -0.15) is 0 Å². The molecular weight excluding hydrogens is 692 g/mol. The number of nitro groups is 1. The Labute approximate surface area is 301 Å². The van der Waals surface area contributed by atoms with E-state index in [-0.39, 0.29) is 29.6 Å². The smallest absolute Gasteiger partial charge is 0.272 e. The molecule has 0 unspecified atom stereocenters. The molecule has 0 aromatic heterocycles. The molecule has 254 valence electrons. The summed E-state index contributed by atoms with van der Waals surface area (Å²) >= 11 is 7.13. The number of carbonyl (C=O) groups is 4. The Morgan fingerprint density at radius 3 is 2.20 bits per heavy atom. The topological polar surface area (TPSA) is 148 Å². The summed E-state index contributed by atoms with van der Waals surface area (Å²) in [5.74, 6) is -0.784. The highest BCUT2D eigenvalue weighted by Crippen LogP contribution is 2.36. The third kappa shape index (κ3) is 8.68. The summed E-state index contributed by atoms with van der Waals surface area (Å²) < 4.78 is 5.81. The Morgan fingerprint density at radius 1 is 0.863 bits per heavy atom. The van der Waals surface area contributed by atoms with E-state index in [0.29, 0.717) is 43.9 Å². The van der Waals surface area contributed by atoms with Gasteiger partial charge in [0.1, 0.15) is 17.2 Å². The number of hydrogen-bond acceptors (Lipinski definition) is 8. The molecule has 0 aliphatic carbocycles. The molecule has 1 atom stereocenters. The summed E-state index contributed by atoms with van der Waals surface area (Å²) in [7, 11) is 0. The largest absolute Gasteiger partial charge is 0.457 e. The van der Waals surface area contributed by atoms with E-state index in [4.69, 9.17) is 16.3 Å². The lowest BCUT2D eigenvalue weighted by atomic mass is 10.1. The summed E-state index contributed by atoms with van der Waals surface area (Å²) in [6.07, 6.45) is 1.39. The van der Waals surface area contributed by atoms with E-state index in [9.17, 15) is 29.3 Å². The normalized spacial score (nSPS) is 14.3. The van der Waals surface area contributed by atoms with Crippen LogP contribution in [0.4, 0.5) is 17.1 Å². The average Bonchev–Trinajstić information content (AvgIpc) is 3.41. The second-order valence-electron chi connectivity index (χ2n) is 11.1. The summed E-state index contributed by atoms with van der Waals surface area (Å²) in [5.41, 5.74) is 1.34. The van der Waals surface area contributed by atoms with E-state index in [1.807, 2.05) is 0 Å². The first-order chi connectivity index (χ1) is 24.6. The number of nitro benzene ring substituents is 1. The molecule has 6 rings (SSSR count). The van der Waals surface area contributed by atoms with E-state index in [1.54, 1.807) is 103 Å². The average molecular weight is 719 g/mol. The van der Waals surface area contributed by atoms with Crippen LogP contribution in [0.3, 0.4) is 0 Å². The molecule has 1 saturated heterocycles. The number of nitrogens with one attached hydrogen (secondary N) is 2. The van der Waals surface area contributed by atoms with Gasteiger partial charge in [-0.1, -0.05) is 35.9 Å². The van der Waals surface area contributed by atoms with E-state index in [2.05, 4.69) is 10.6 Å². The van der Waals surface area contributed by atoms with Gasteiger partial charge in [-0.15, -0.1) is 11.8 Å². The van der Waals surface area contributed by atoms with Gasteiger partial charge in [0.05, 0.1) is 15.9 Å². The number of thioether (sulfide) groups is 1. The number of amides is 4. The van der Waals surface area contributed by atoms with Gasteiger partial charge >= 0.3 is 0 Å². The van der Waals surface area contributed by atoms with Crippen molar-refractivity contribution in [3.8, 4) is 11.5 Å². The van der Waals surface area contributed by atoms with Crippen molar-refractivity contribution < 1.29 is 28.8 Å². The molecule has 1 fully saturated rings. The highest BCUT2D eigenvalue weighted by molar-refractivity contribution is 8.00. The number of benzene rings is 5. The van der Waals surface area contributed by atoms with Crippen molar-refractivity contribution in [2.45, 2.75) is 16.6 Å². The molecule has 13 heteroatoms. The number of carbonyl (C=O) groups excluding carboxylic acids is 4. The maximum absolute atomic E-state index is 13.5. The van der Waals surface area contributed by atoms with E-state index in [0.717, 1.165) is 4.90 Å². The summed E-state index contributed by atoms with van der Waals surface area (Å²) in [4.78, 5) is 65.2. The van der Waals surface area contributed by atoms with Crippen molar-refractivity contribution >= 4 is 70.1 Å². The Bertz CT molecular complexity index is 2140. The molecule has 2 N–H and O–H groups in total. The predicted octanol–water partition coefficient (Wildman–Crippen LogP) is 7.87. The molecule has 0 bridgehead atoms. The van der Waals surface area contributed by atoms with Crippen molar-refractivity contribution in [1.82, 2.24) is 5.32 Å². The van der Waals surface area contributed by atoms with Crippen molar-refractivity contribution in [2.24, 2.45) is 0 Å². The van der Waals surface area contributed by atoms with Crippen molar-refractivity contribution in [3.63, 3.8) is 0 Å². The van der Waals surface area contributed by atoms with Crippen LogP contribution in [-0.4, -0.2) is 33.8 Å². The van der Waals surface area contributed by atoms with E-state index >= 15 is 0 Å². The standard InChI is InChI=1S/C38H27ClN4O7S/c39-26-11-17-30(18-12-26)50-31-19-15-28(16-20-31)42-35(44)23-34(38(42)47)51-32-8-4-7-27(22-32)40-37(46)33(41-36(45)25-5-2-1-3-6-25)21-24-9-13-29(14-10-24)43(48)49/h1-22,34H,23H2,(H,40,46)(H,41,45)/b33-21-/t34-/m1/s1. The predicted molar refractivity (Wildman–Crippen MR) is 195 cm³/mol. The highest BCUT2D eigenvalue weighted by Gasteiger charge is 2.40. The molecule has 0 radical (unpaired) electrons. The molecule has 51 heavy (non-hydrogen) atoms. The fourth-order valence-corrected chi connectivity index (χ4v) is 6.32. The molecule has 0 saturated carbocycles. The van der Waals surface area contributed by atoms with E-state index in [1.165, 1.54) is 42.1 Å². The summed E-state index contributed by atoms with van der Waals surface area (Å²) in [6, 6.07) is 34.1. The Kier molecular flexibility index (Phi) is 10.5. The second kappa shape index (κ2) is 15.5. The van der Waals surface area contributed by atoms with Crippen LogP contribution in [0.1, 0.15) is 22.3 Å². The van der Waals surface area contributed by atoms with Gasteiger partial charge in [0.25, 0.3) is 17.5 Å². The molecular formula is C38H27ClN4O7S. The first-order valence-corrected chi connectivity index (χ1v) is 16.7. The van der Waals surface area contributed by atoms with Crippen molar-refractivity contribution in [1.29, 1.82) is 0 Å². The second-order valence-corrected chi connectivity index (χ2v) is 12.8. The third-order valence-corrected chi connectivity index (χ3v) is 8.99. The fourth-order valence-electron chi connectivity index (χ4n) is 5.08. The first kappa shape index (κ1) is 34.6. The number of imide groups is 1. The van der Waals surface area contributed by atoms with Gasteiger partial charge < -0.3 is 15.4 Å². The van der Waals surface area contributed by atoms with Crippen LogP contribution >= 0.6 is 23.4 Å². The minimum absolute atomic E-state index is 0.0171. The molecule has 5 aromatic carbocycles. The van der Waals surface area contributed by atoms with Crippen LogP contribution in [0.2, 0.25) is 5.02 Å². The molecule has 1 aliphatic heterocycles. The molecule has 0 spiro atoms. The minimum Gasteiger partial charge on any atom is -0.457 e. The lowest BCUT2D eigenvalue weighted by Crippen LogP contribution is -2.31. The van der Waals surface area contributed by atoms with Crippen LogP contribution in [-0.2, 0) is 14.4 Å². The van der Waals surface area contributed by atoms with Gasteiger partial charge in [-0.3, -0.25) is 29.3 Å². The van der Waals surface area contributed by atoms with Crippen LogP contribution in [0, 0.1) is 10.1 Å². The first-order valence-electron chi connectivity index (χ1n) is 15.4. The molecule has 4 amide bonds. The van der Waals surface area contributed by atoms with Gasteiger partial charge in [-0.05, 0) is 103 Å². The maximum Gasteiger partial charge on any atom is 0.272 e. The highest BCUT2D eigenvalue weighted by atomic mass is 35.5. The maximum atomic E-state index is 13.5. The lowest BCUT2D eigenvalue weighted by molar-refractivity contribution is -0.384.